The summed E-state index contributed by atoms with van der Waals surface area (Å²) in [6, 6.07) is 15.8. The van der Waals surface area contributed by atoms with Gasteiger partial charge in [0, 0.05) is 43.5 Å². The molecule has 0 aliphatic heterocycles. The summed E-state index contributed by atoms with van der Waals surface area (Å²) in [5, 5.41) is 11.9. The van der Waals surface area contributed by atoms with Crippen molar-refractivity contribution in [3.8, 4) is 0 Å². The number of carbonyl (C=O) groups excluding carboxylic acids is 5. The maximum atomic E-state index is 14.3. The average Bonchev–Trinajstić information content (AvgIpc) is 3.99. The fourth-order valence-electron chi connectivity index (χ4n) is 6.52. The molecular weight excluding hydrogens is 887 g/mol. The number of nitrogens with one attached hydrogen (secondary N) is 3. The molecule has 4 atom stereocenters. The van der Waals surface area contributed by atoms with Gasteiger partial charge in [-0.05, 0) is 44.0 Å². The first-order valence-electron chi connectivity index (χ1n) is 22.0. The van der Waals surface area contributed by atoms with E-state index in [1.54, 1.807) is 30.1 Å². The number of amides is 4. The maximum Gasteiger partial charge on any atom is 0.407 e. The Labute approximate surface area is 395 Å². The van der Waals surface area contributed by atoms with Gasteiger partial charge in [-0.2, -0.15) is 0 Å². The monoisotopic (exact) mass is 951 g/mol. The number of hydrogen-bond acceptors (Lipinski definition) is 15. The van der Waals surface area contributed by atoms with Crippen molar-refractivity contribution in [1.82, 2.24) is 35.7 Å². The molecule has 0 bridgehead atoms. The normalized spacial score (nSPS) is 13.1. The molecule has 0 aliphatic rings. The molecule has 0 aliphatic carbocycles. The molecule has 0 unspecified atom stereocenters. The smallest absolute Gasteiger partial charge is 0.407 e. The molecule has 19 heteroatoms. The van der Waals surface area contributed by atoms with Crippen LogP contribution in [0.3, 0.4) is 0 Å². The van der Waals surface area contributed by atoms with Gasteiger partial charge in [-0.15, -0.1) is 22.7 Å². The quantitative estimate of drug-likeness (QED) is 0.0362. The van der Waals surface area contributed by atoms with E-state index in [1.165, 1.54) is 16.2 Å². The number of likely N-dealkylation sites (N-methyl/N-ethyl adjacent to an activating group) is 1. The van der Waals surface area contributed by atoms with E-state index in [0.717, 1.165) is 33.3 Å². The molecule has 4 aromatic rings. The number of rotatable bonds is 28. The molecule has 360 valence electrons. The third kappa shape index (κ3) is 20.0. The Morgan fingerprint density at radius 2 is 1.44 bits per heavy atom. The van der Waals surface area contributed by atoms with Crippen LogP contribution >= 0.6 is 22.7 Å². The molecule has 4 amide bonds. The van der Waals surface area contributed by atoms with Gasteiger partial charge in [0.15, 0.2) is 0 Å². The molecule has 0 spiro atoms. The lowest BCUT2D eigenvalue weighted by Gasteiger charge is -2.32. The first-order chi connectivity index (χ1) is 31.7. The summed E-state index contributed by atoms with van der Waals surface area (Å²) in [7, 11) is 5.50. The predicted molar refractivity (Wildman–Crippen MR) is 252 cm³/mol. The zero-order chi connectivity index (χ0) is 47.8. The van der Waals surface area contributed by atoms with E-state index in [4.69, 9.17) is 23.7 Å². The molecule has 3 N–H and O–H groups in total. The molecule has 2 aromatic heterocycles. The fourth-order valence-corrected chi connectivity index (χ4v) is 7.86. The number of esters is 2. The van der Waals surface area contributed by atoms with Gasteiger partial charge in [0.05, 0.1) is 46.9 Å². The van der Waals surface area contributed by atoms with Gasteiger partial charge in [-0.25, -0.2) is 24.2 Å². The third-order valence-corrected chi connectivity index (χ3v) is 11.9. The molecule has 2 heterocycles. The molecule has 0 saturated heterocycles. The van der Waals surface area contributed by atoms with Crippen LogP contribution in [-0.2, 0) is 64.1 Å². The number of alkyl carbamates (subject to hydrolysis) is 1. The number of ether oxygens (including phenoxy) is 5. The van der Waals surface area contributed by atoms with E-state index in [-0.39, 0.29) is 51.0 Å². The van der Waals surface area contributed by atoms with E-state index in [0.29, 0.717) is 13.0 Å². The molecule has 4 rings (SSSR count). The molecular formula is C47H65N7O10S2. The fraction of sp³-hybridized carbons (Fsp3) is 0.511. The van der Waals surface area contributed by atoms with Crippen LogP contribution in [0.25, 0.3) is 0 Å². The van der Waals surface area contributed by atoms with Gasteiger partial charge in [0.1, 0.15) is 38.6 Å². The zero-order valence-electron chi connectivity index (χ0n) is 38.9. The molecule has 0 fully saturated rings. The van der Waals surface area contributed by atoms with Crippen LogP contribution in [-0.4, -0.2) is 135 Å². The van der Waals surface area contributed by atoms with Crippen LogP contribution < -0.4 is 16.0 Å². The van der Waals surface area contributed by atoms with E-state index in [9.17, 15) is 24.0 Å². The SMILES string of the molecule is CC(C)c1nc(CN(C)C(=O)N[C@H](C(=O)N[C@@H](Cc2ccccc2)C[C@H](OC(=O)COCC(=O)OCCOCCN(C)C)[C@H](Cc2ccccc2)NC(=O)OCc2cncs2)C(C)C)cs1. The van der Waals surface area contributed by atoms with Crippen molar-refractivity contribution in [3.63, 3.8) is 0 Å². The summed E-state index contributed by atoms with van der Waals surface area (Å²) in [5.74, 6) is -2.02. The van der Waals surface area contributed by atoms with Crippen LogP contribution in [0, 0.1) is 5.92 Å². The minimum absolute atomic E-state index is 0.00946. The number of urea groups is 1. The number of carbonyl (C=O) groups is 5. The van der Waals surface area contributed by atoms with Gasteiger partial charge < -0.3 is 49.4 Å². The standard InChI is InChI=1S/C47H65N7O10S2/c1-32(2)43(52-46(58)54(7)26-37-30-65-45(50-37)33(3)4)44(57)49-36(22-34-14-10-8-11-15-34)24-40(64-42(56)29-61-28-41(55)62-21-20-60-19-18-53(5)6)39(23-35-16-12-9-13-17-35)51-47(59)63-27-38-25-48-31-66-38/h8-17,25,30-33,36,39-40,43H,18-24,26-29H2,1-7H3,(H,49,57)(H,51,59)(H,52,58)/t36-,39-,40-,43-/m0/s1. The number of hydrogen-bond donors (Lipinski definition) is 3. The number of thiazole rings is 2. The Morgan fingerprint density at radius 3 is 2.06 bits per heavy atom. The summed E-state index contributed by atoms with van der Waals surface area (Å²) in [6.07, 6.45) is 0.281. The summed E-state index contributed by atoms with van der Waals surface area (Å²) in [4.78, 5) is 80.3. The highest BCUT2D eigenvalue weighted by molar-refractivity contribution is 7.09. The van der Waals surface area contributed by atoms with Crippen molar-refractivity contribution in [2.45, 2.75) is 90.3 Å². The molecule has 0 saturated carbocycles. The highest BCUT2D eigenvalue weighted by atomic mass is 32.1. The highest BCUT2D eigenvalue weighted by Gasteiger charge is 2.34. The average molecular weight is 952 g/mol. The van der Waals surface area contributed by atoms with Crippen molar-refractivity contribution in [2.75, 3.05) is 60.7 Å². The zero-order valence-corrected chi connectivity index (χ0v) is 40.6. The Balaban J connectivity index is 1.56. The third-order valence-electron chi connectivity index (χ3n) is 10.0. The first kappa shape index (κ1) is 53.1. The molecule has 17 nitrogen and oxygen atoms in total. The Hall–Kier alpha value is -5.47. The minimum atomic E-state index is -1.08. The molecule has 0 radical (unpaired) electrons. The van der Waals surface area contributed by atoms with Crippen LogP contribution in [0.4, 0.5) is 9.59 Å². The lowest BCUT2D eigenvalue weighted by Crippen LogP contribution is -2.56. The highest BCUT2D eigenvalue weighted by Crippen LogP contribution is 2.21. The van der Waals surface area contributed by atoms with Gasteiger partial charge in [0.2, 0.25) is 5.91 Å². The van der Waals surface area contributed by atoms with Gasteiger partial charge in [-0.3, -0.25) is 9.78 Å². The number of nitrogens with zero attached hydrogens (tertiary/aromatic N) is 4. The lowest BCUT2D eigenvalue weighted by atomic mass is 9.92. The van der Waals surface area contributed by atoms with E-state index in [1.807, 2.05) is 98.9 Å². The van der Waals surface area contributed by atoms with Gasteiger partial charge in [-0.1, -0.05) is 88.4 Å². The van der Waals surface area contributed by atoms with Crippen LogP contribution in [0.15, 0.2) is 77.8 Å². The second-order valence-electron chi connectivity index (χ2n) is 16.6. The van der Waals surface area contributed by atoms with Crippen LogP contribution in [0.5, 0.6) is 0 Å². The second-order valence-corrected chi connectivity index (χ2v) is 18.5. The Morgan fingerprint density at radius 1 is 0.758 bits per heavy atom. The summed E-state index contributed by atoms with van der Waals surface area (Å²) >= 11 is 2.87. The number of benzene rings is 2. The van der Waals surface area contributed by atoms with Crippen molar-refractivity contribution in [3.05, 3.63) is 104 Å². The van der Waals surface area contributed by atoms with E-state index >= 15 is 0 Å². The Bertz CT molecular complexity index is 2060. The second kappa shape index (κ2) is 28.5. The van der Waals surface area contributed by atoms with E-state index < -0.39 is 67.4 Å². The minimum Gasteiger partial charge on any atom is -0.462 e. The first-order valence-corrected chi connectivity index (χ1v) is 23.7. The summed E-state index contributed by atoms with van der Waals surface area (Å²) < 4.78 is 27.8. The van der Waals surface area contributed by atoms with E-state index in [2.05, 4.69) is 39.8 Å². The molecule has 66 heavy (non-hydrogen) atoms. The Kier molecular flexibility index (Phi) is 23.0. The van der Waals surface area contributed by atoms with Crippen LogP contribution in [0.2, 0.25) is 0 Å². The topological polar surface area (TPSA) is 200 Å². The van der Waals surface area contributed by atoms with Crippen LogP contribution in [0.1, 0.15) is 66.7 Å². The van der Waals surface area contributed by atoms with Crippen molar-refractivity contribution in [2.24, 2.45) is 5.92 Å². The lowest BCUT2D eigenvalue weighted by molar-refractivity contribution is -0.160. The molecule has 2 aromatic carbocycles. The summed E-state index contributed by atoms with van der Waals surface area (Å²) in [5.41, 5.74) is 4.09. The van der Waals surface area contributed by atoms with Crippen molar-refractivity contribution < 1.29 is 47.7 Å². The van der Waals surface area contributed by atoms with Crippen molar-refractivity contribution in [1.29, 1.82) is 0 Å². The van der Waals surface area contributed by atoms with Gasteiger partial charge in [0.25, 0.3) is 0 Å². The maximum absolute atomic E-state index is 14.3. The largest absolute Gasteiger partial charge is 0.462 e. The summed E-state index contributed by atoms with van der Waals surface area (Å²) in [6.45, 7) is 8.33. The van der Waals surface area contributed by atoms with Crippen molar-refractivity contribution >= 4 is 52.6 Å². The number of aromatic nitrogens is 2. The van der Waals surface area contributed by atoms with Gasteiger partial charge >= 0.3 is 24.1 Å². The predicted octanol–water partition coefficient (Wildman–Crippen LogP) is 5.59.